The number of amides is 2. The van der Waals surface area contributed by atoms with Gasteiger partial charge >= 0.3 is 0 Å². The van der Waals surface area contributed by atoms with Crippen LogP contribution in [0.3, 0.4) is 0 Å². The number of rotatable bonds is 9. The molecule has 0 atom stereocenters. The summed E-state index contributed by atoms with van der Waals surface area (Å²) in [4.78, 5) is 30.8. The van der Waals surface area contributed by atoms with Gasteiger partial charge < -0.3 is 4.90 Å². The van der Waals surface area contributed by atoms with Crippen molar-refractivity contribution in [1.82, 2.24) is 9.80 Å². The number of carbonyl (C=O) groups is 2. The number of thiocarbonyl (C=S) groups is 1. The summed E-state index contributed by atoms with van der Waals surface area (Å²) in [5, 5.41) is 2.00. The summed E-state index contributed by atoms with van der Waals surface area (Å²) < 4.78 is 0.636. The van der Waals surface area contributed by atoms with Gasteiger partial charge in [-0.3, -0.25) is 14.5 Å². The highest BCUT2D eigenvalue weighted by Gasteiger charge is 2.31. The smallest absolute Gasteiger partial charge is 0.266 e. The molecule has 33 heavy (non-hydrogen) atoms. The topological polar surface area (TPSA) is 40.6 Å². The van der Waals surface area contributed by atoms with E-state index in [9.17, 15) is 9.59 Å². The first kappa shape index (κ1) is 24.2. The van der Waals surface area contributed by atoms with Gasteiger partial charge in [-0.25, -0.2) is 0 Å². The van der Waals surface area contributed by atoms with Crippen molar-refractivity contribution in [2.75, 3.05) is 19.6 Å². The highest BCUT2D eigenvalue weighted by atomic mass is 32.2. The number of hydrogen-bond acceptors (Lipinski definition) is 5. The Hall–Kier alpha value is -1.96. The molecule has 0 spiro atoms. The molecule has 2 aliphatic heterocycles. The van der Waals surface area contributed by atoms with Crippen LogP contribution in [0.5, 0.6) is 0 Å². The Morgan fingerprint density at radius 1 is 1.06 bits per heavy atom. The second-order valence-electron chi connectivity index (χ2n) is 8.67. The van der Waals surface area contributed by atoms with Crippen LogP contribution in [0.1, 0.15) is 49.0 Å². The SMILES string of the molecule is O=C(CCCCCN1C(=O)/C(=C\c2cccs2)SC1=S)N1CCC(Cc2ccccc2)CC1. The van der Waals surface area contributed by atoms with E-state index < -0.39 is 0 Å². The highest BCUT2D eigenvalue weighted by Crippen LogP contribution is 2.33. The Balaban J connectivity index is 1.12. The van der Waals surface area contributed by atoms with Crippen molar-refractivity contribution in [2.24, 2.45) is 5.92 Å². The molecule has 0 aliphatic carbocycles. The number of carbonyl (C=O) groups excluding carboxylic acids is 2. The van der Waals surface area contributed by atoms with Crippen LogP contribution in [0.25, 0.3) is 6.08 Å². The number of likely N-dealkylation sites (tertiary alicyclic amines) is 1. The molecule has 4 rings (SSSR count). The molecule has 2 aliphatic rings. The van der Waals surface area contributed by atoms with Gasteiger partial charge in [0.2, 0.25) is 5.91 Å². The van der Waals surface area contributed by atoms with Crippen LogP contribution in [0, 0.1) is 5.92 Å². The van der Waals surface area contributed by atoms with Gasteiger partial charge in [0.1, 0.15) is 4.32 Å². The Morgan fingerprint density at radius 2 is 1.85 bits per heavy atom. The summed E-state index contributed by atoms with van der Waals surface area (Å²) in [6.45, 7) is 2.39. The standard InChI is InChI=1S/C26H30N2O2S3/c29-24(27-15-12-21(13-16-27)18-20-8-3-1-4-9-20)11-5-2-6-14-28-25(30)23(33-26(28)31)19-22-10-7-17-32-22/h1,3-4,7-10,17,19,21H,2,5-6,11-16,18H2/b23-19+. The molecular weight excluding hydrogens is 468 g/mol. The summed E-state index contributed by atoms with van der Waals surface area (Å²) in [7, 11) is 0. The Morgan fingerprint density at radius 3 is 2.58 bits per heavy atom. The monoisotopic (exact) mass is 498 g/mol. The first-order valence-corrected chi connectivity index (χ1v) is 13.8. The van der Waals surface area contributed by atoms with Gasteiger partial charge in [-0.1, -0.05) is 66.8 Å². The van der Waals surface area contributed by atoms with Gasteiger partial charge in [-0.2, -0.15) is 0 Å². The van der Waals surface area contributed by atoms with E-state index >= 15 is 0 Å². The van der Waals surface area contributed by atoms with Gasteiger partial charge in [0.05, 0.1) is 4.91 Å². The van der Waals surface area contributed by atoms with Crippen LogP contribution < -0.4 is 0 Å². The lowest BCUT2D eigenvalue weighted by Crippen LogP contribution is -2.38. The molecule has 174 valence electrons. The van der Waals surface area contributed by atoms with Crippen molar-refractivity contribution in [1.29, 1.82) is 0 Å². The first-order chi connectivity index (χ1) is 16.1. The lowest BCUT2D eigenvalue weighted by molar-refractivity contribution is -0.132. The van der Waals surface area contributed by atoms with Gasteiger partial charge in [-0.15, -0.1) is 11.3 Å². The lowest BCUT2D eigenvalue weighted by atomic mass is 9.90. The number of nitrogens with zero attached hydrogens (tertiary/aromatic N) is 2. The summed E-state index contributed by atoms with van der Waals surface area (Å²) in [5.41, 5.74) is 1.39. The molecule has 1 aromatic carbocycles. The fourth-order valence-electron chi connectivity index (χ4n) is 4.41. The number of thioether (sulfide) groups is 1. The largest absolute Gasteiger partial charge is 0.343 e. The molecule has 2 aromatic rings. The van der Waals surface area contributed by atoms with Crippen molar-refractivity contribution in [2.45, 2.75) is 44.9 Å². The zero-order valence-corrected chi connectivity index (χ0v) is 21.2. The van der Waals surface area contributed by atoms with E-state index in [0.717, 1.165) is 56.5 Å². The number of unbranched alkanes of at least 4 members (excludes halogenated alkanes) is 2. The van der Waals surface area contributed by atoms with Crippen LogP contribution in [0.2, 0.25) is 0 Å². The molecule has 2 saturated heterocycles. The molecule has 2 fully saturated rings. The van der Waals surface area contributed by atoms with Crippen molar-refractivity contribution in [3.8, 4) is 0 Å². The van der Waals surface area contributed by atoms with Crippen LogP contribution in [0.15, 0.2) is 52.7 Å². The molecule has 4 nitrogen and oxygen atoms in total. The van der Waals surface area contributed by atoms with Gasteiger partial charge in [0.15, 0.2) is 0 Å². The molecule has 7 heteroatoms. The lowest BCUT2D eigenvalue weighted by Gasteiger charge is -2.32. The minimum Gasteiger partial charge on any atom is -0.343 e. The molecule has 2 amide bonds. The fourth-order valence-corrected chi connectivity index (χ4v) is 6.44. The molecule has 0 radical (unpaired) electrons. The van der Waals surface area contributed by atoms with E-state index in [0.29, 0.717) is 28.1 Å². The van der Waals surface area contributed by atoms with E-state index in [-0.39, 0.29) is 11.8 Å². The Labute approximate surface area is 210 Å². The Kier molecular flexibility index (Phi) is 8.75. The molecule has 1 aromatic heterocycles. The average molecular weight is 499 g/mol. The van der Waals surface area contributed by atoms with Gasteiger partial charge in [0.25, 0.3) is 5.91 Å². The summed E-state index contributed by atoms with van der Waals surface area (Å²) in [6, 6.07) is 14.6. The van der Waals surface area contributed by atoms with E-state index in [1.807, 2.05) is 28.5 Å². The normalized spacial score (nSPS) is 18.5. The van der Waals surface area contributed by atoms with E-state index in [1.54, 1.807) is 16.2 Å². The average Bonchev–Trinajstić information content (AvgIpc) is 3.43. The zero-order chi connectivity index (χ0) is 23.0. The minimum atomic E-state index is 0.00727. The number of thiophene rings is 1. The molecule has 0 unspecified atom stereocenters. The zero-order valence-electron chi connectivity index (χ0n) is 18.8. The maximum Gasteiger partial charge on any atom is 0.266 e. The van der Waals surface area contributed by atoms with Crippen LogP contribution in [0.4, 0.5) is 0 Å². The maximum atomic E-state index is 12.7. The first-order valence-electron chi connectivity index (χ1n) is 11.7. The van der Waals surface area contributed by atoms with Crippen molar-refractivity contribution < 1.29 is 9.59 Å². The number of benzene rings is 1. The predicted molar refractivity (Wildman–Crippen MR) is 142 cm³/mol. The van der Waals surface area contributed by atoms with E-state index in [4.69, 9.17) is 12.2 Å². The van der Waals surface area contributed by atoms with Crippen LogP contribution in [-0.2, 0) is 16.0 Å². The van der Waals surface area contributed by atoms with Crippen LogP contribution >= 0.6 is 35.3 Å². The third-order valence-corrected chi connectivity index (χ3v) is 8.49. The fraction of sp³-hybridized carbons (Fsp3) is 0.423. The second-order valence-corrected chi connectivity index (χ2v) is 11.3. The molecule has 0 N–H and O–H groups in total. The molecule has 0 bridgehead atoms. The third kappa shape index (κ3) is 6.78. The quantitative estimate of drug-likeness (QED) is 0.242. The predicted octanol–water partition coefficient (Wildman–Crippen LogP) is 5.99. The molecular formula is C26H30N2O2S3. The number of hydrogen-bond donors (Lipinski definition) is 0. The maximum absolute atomic E-state index is 12.7. The van der Waals surface area contributed by atoms with Gasteiger partial charge in [-0.05, 0) is 61.1 Å². The third-order valence-electron chi connectivity index (χ3n) is 6.30. The highest BCUT2D eigenvalue weighted by molar-refractivity contribution is 8.26. The second kappa shape index (κ2) is 12.0. The molecule has 0 saturated carbocycles. The van der Waals surface area contributed by atoms with Crippen molar-refractivity contribution in [3.63, 3.8) is 0 Å². The van der Waals surface area contributed by atoms with Gasteiger partial charge in [0, 0.05) is 30.9 Å². The molecule has 3 heterocycles. The summed E-state index contributed by atoms with van der Waals surface area (Å²) >= 11 is 8.41. The minimum absolute atomic E-state index is 0.00727. The van der Waals surface area contributed by atoms with Crippen LogP contribution in [-0.4, -0.2) is 45.6 Å². The summed E-state index contributed by atoms with van der Waals surface area (Å²) in [6.07, 6.45) is 8.47. The van der Waals surface area contributed by atoms with Crippen molar-refractivity contribution >= 4 is 57.5 Å². The van der Waals surface area contributed by atoms with E-state index in [2.05, 4.69) is 30.3 Å². The van der Waals surface area contributed by atoms with E-state index in [1.165, 1.54) is 17.3 Å². The number of piperidine rings is 1. The summed E-state index contributed by atoms with van der Waals surface area (Å²) in [5.74, 6) is 0.959. The Bertz CT molecular complexity index is 980. The van der Waals surface area contributed by atoms with Crippen molar-refractivity contribution in [3.05, 3.63) is 63.2 Å².